The van der Waals surface area contributed by atoms with E-state index >= 15 is 0 Å². The Labute approximate surface area is 187 Å². The molecule has 0 spiro atoms. The van der Waals surface area contributed by atoms with Gasteiger partial charge in [0, 0.05) is 29.5 Å². The third kappa shape index (κ3) is 4.83. The Bertz CT molecular complexity index is 875. The lowest BCUT2D eigenvalue weighted by Gasteiger charge is -2.47. The van der Waals surface area contributed by atoms with Crippen molar-refractivity contribution >= 4 is 5.91 Å². The van der Waals surface area contributed by atoms with Gasteiger partial charge in [0.15, 0.2) is 0 Å². The maximum Gasteiger partial charge on any atom is 0.246 e. The Morgan fingerprint density at radius 1 is 1.39 bits per heavy atom. The predicted octanol–water partition coefficient (Wildman–Crippen LogP) is 6.00. The SMILES string of the molecule is C=CC(CC)CCNC(=O)C1=CCC2C(C1)c1c(O)cc(C(C)(C)C)cc1OC2(C)C. The quantitative estimate of drug-likeness (QED) is 0.550. The van der Waals surface area contributed by atoms with Gasteiger partial charge in [0.25, 0.3) is 0 Å². The van der Waals surface area contributed by atoms with Gasteiger partial charge in [-0.2, -0.15) is 0 Å². The van der Waals surface area contributed by atoms with Crippen molar-refractivity contribution in [3.05, 3.63) is 47.6 Å². The predicted molar refractivity (Wildman–Crippen MR) is 127 cm³/mol. The Morgan fingerprint density at radius 3 is 2.71 bits per heavy atom. The molecular formula is C27H39NO3. The van der Waals surface area contributed by atoms with Crippen LogP contribution in [0, 0.1) is 11.8 Å². The summed E-state index contributed by atoms with van der Waals surface area (Å²) in [7, 11) is 0. The second kappa shape index (κ2) is 8.72. The normalized spacial score (nSPS) is 23.0. The number of phenolic OH excluding ortho intramolecular Hbond substituents is 1. The van der Waals surface area contributed by atoms with Gasteiger partial charge in [-0.15, -0.1) is 6.58 Å². The fraction of sp³-hybridized carbons (Fsp3) is 0.593. The van der Waals surface area contributed by atoms with Gasteiger partial charge in [0.2, 0.25) is 5.91 Å². The zero-order valence-corrected chi connectivity index (χ0v) is 20.0. The molecule has 2 aliphatic rings. The van der Waals surface area contributed by atoms with Gasteiger partial charge >= 0.3 is 0 Å². The molecule has 0 saturated carbocycles. The number of ether oxygens (including phenoxy) is 1. The molecule has 170 valence electrons. The summed E-state index contributed by atoms with van der Waals surface area (Å²) in [6.07, 6.45) is 7.37. The molecule has 1 aromatic carbocycles. The van der Waals surface area contributed by atoms with Crippen molar-refractivity contribution in [2.45, 2.75) is 84.2 Å². The molecule has 2 N–H and O–H groups in total. The summed E-state index contributed by atoms with van der Waals surface area (Å²) < 4.78 is 6.42. The molecule has 0 aromatic heterocycles. The van der Waals surface area contributed by atoms with Crippen LogP contribution in [0.2, 0.25) is 0 Å². The fourth-order valence-electron chi connectivity index (χ4n) is 4.99. The van der Waals surface area contributed by atoms with Crippen molar-refractivity contribution in [2.24, 2.45) is 11.8 Å². The van der Waals surface area contributed by atoms with Crippen LogP contribution in [0.1, 0.15) is 84.3 Å². The number of benzene rings is 1. The smallest absolute Gasteiger partial charge is 0.246 e. The van der Waals surface area contributed by atoms with Crippen LogP contribution in [0.3, 0.4) is 0 Å². The molecule has 1 heterocycles. The molecule has 1 amide bonds. The Morgan fingerprint density at radius 2 is 2.10 bits per heavy atom. The summed E-state index contributed by atoms with van der Waals surface area (Å²) in [4.78, 5) is 12.9. The summed E-state index contributed by atoms with van der Waals surface area (Å²) >= 11 is 0. The van der Waals surface area contributed by atoms with Crippen LogP contribution >= 0.6 is 0 Å². The molecule has 0 fully saturated rings. The zero-order valence-electron chi connectivity index (χ0n) is 20.0. The molecule has 3 rings (SSSR count). The van der Waals surface area contributed by atoms with Crippen molar-refractivity contribution in [3.63, 3.8) is 0 Å². The average Bonchev–Trinajstić information content (AvgIpc) is 2.69. The second-order valence-corrected chi connectivity index (χ2v) is 10.7. The minimum absolute atomic E-state index is 0.00835. The van der Waals surface area contributed by atoms with Gasteiger partial charge in [-0.3, -0.25) is 4.79 Å². The third-order valence-corrected chi connectivity index (χ3v) is 7.12. The first-order valence-corrected chi connectivity index (χ1v) is 11.6. The molecular weight excluding hydrogens is 386 g/mol. The van der Waals surface area contributed by atoms with Crippen LogP contribution in [0.5, 0.6) is 11.5 Å². The van der Waals surface area contributed by atoms with E-state index in [-0.39, 0.29) is 34.5 Å². The van der Waals surface area contributed by atoms with E-state index in [9.17, 15) is 9.90 Å². The molecule has 4 heteroatoms. The molecule has 1 aliphatic heterocycles. The molecule has 0 bridgehead atoms. The zero-order chi connectivity index (χ0) is 23.0. The Hall–Kier alpha value is -2.23. The van der Waals surface area contributed by atoms with Crippen molar-refractivity contribution in [1.29, 1.82) is 0 Å². The van der Waals surface area contributed by atoms with E-state index in [1.165, 1.54) is 0 Å². The average molecular weight is 426 g/mol. The number of fused-ring (bicyclic) bond motifs is 3. The first kappa shape index (κ1) is 23.4. The molecule has 4 nitrogen and oxygen atoms in total. The minimum Gasteiger partial charge on any atom is -0.508 e. The number of nitrogens with one attached hydrogen (secondary N) is 1. The lowest BCUT2D eigenvalue weighted by molar-refractivity contribution is -0.118. The van der Waals surface area contributed by atoms with E-state index in [0.29, 0.717) is 18.9 Å². The van der Waals surface area contributed by atoms with E-state index < -0.39 is 0 Å². The lowest BCUT2D eigenvalue weighted by Crippen LogP contribution is -2.46. The van der Waals surface area contributed by atoms with Crippen LogP contribution in [0.4, 0.5) is 0 Å². The molecule has 31 heavy (non-hydrogen) atoms. The van der Waals surface area contributed by atoms with Gasteiger partial charge < -0.3 is 15.2 Å². The minimum atomic E-state index is -0.364. The topological polar surface area (TPSA) is 58.6 Å². The molecule has 3 unspecified atom stereocenters. The van der Waals surface area contributed by atoms with Crippen LogP contribution in [0.15, 0.2) is 36.4 Å². The number of aromatic hydroxyl groups is 1. The summed E-state index contributed by atoms with van der Waals surface area (Å²) in [5.41, 5.74) is 2.27. The van der Waals surface area contributed by atoms with Gasteiger partial charge in [-0.05, 0) is 68.6 Å². The van der Waals surface area contributed by atoms with Crippen molar-refractivity contribution in [1.82, 2.24) is 5.32 Å². The van der Waals surface area contributed by atoms with Crippen molar-refractivity contribution in [3.8, 4) is 11.5 Å². The van der Waals surface area contributed by atoms with Crippen LogP contribution in [0.25, 0.3) is 0 Å². The van der Waals surface area contributed by atoms with E-state index in [4.69, 9.17) is 4.74 Å². The number of rotatable bonds is 6. The highest BCUT2D eigenvalue weighted by Gasteiger charge is 2.47. The summed E-state index contributed by atoms with van der Waals surface area (Å²) in [6.45, 7) is 17.3. The Kier molecular flexibility index (Phi) is 6.59. The van der Waals surface area contributed by atoms with E-state index in [0.717, 1.165) is 41.7 Å². The first-order chi connectivity index (χ1) is 14.5. The number of carbonyl (C=O) groups excluding carboxylic acids is 1. The molecule has 0 saturated heterocycles. The van der Waals surface area contributed by atoms with E-state index in [1.54, 1.807) is 0 Å². The van der Waals surface area contributed by atoms with Gasteiger partial charge in [-0.25, -0.2) is 0 Å². The highest BCUT2D eigenvalue weighted by molar-refractivity contribution is 5.93. The van der Waals surface area contributed by atoms with Crippen LogP contribution < -0.4 is 10.1 Å². The monoisotopic (exact) mass is 425 g/mol. The number of allylic oxidation sites excluding steroid dienone is 2. The number of phenols is 1. The second-order valence-electron chi connectivity index (χ2n) is 10.7. The Balaban J connectivity index is 1.84. The van der Waals surface area contributed by atoms with Crippen LogP contribution in [-0.2, 0) is 10.2 Å². The number of hydrogen-bond donors (Lipinski definition) is 2. The van der Waals surface area contributed by atoms with Gasteiger partial charge in [0.1, 0.15) is 17.1 Å². The number of amides is 1. The molecule has 0 radical (unpaired) electrons. The highest BCUT2D eigenvalue weighted by atomic mass is 16.5. The van der Waals surface area contributed by atoms with Crippen LogP contribution in [-0.4, -0.2) is 23.2 Å². The summed E-state index contributed by atoms with van der Waals surface area (Å²) in [5, 5.41) is 14.1. The standard InChI is InChI=1S/C27H39NO3/c1-8-17(9-2)12-13-28-25(30)18-10-11-21-20(14-18)24-22(29)15-19(26(3,4)5)16-23(24)31-27(21,6)7/h8,10,15-17,20-21,29H,1,9,11-14H2,2-7H3,(H,28,30). The molecule has 3 atom stereocenters. The maximum absolute atomic E-state index is 12.9. The van der Waals surface area contributed by atoms with E-state index in [2.05, 4.69) is 65.6 Å². The third-order valence-electron chi connectivity index (χ3n) is 7.12. The first-order valence-electron chi connectivity index (χ1n) is 11.6. The van der Waals surface area contributed by atoms with E-state index in [1.807, 2.05) is 12.1 Å². The van der Waals surface area contributed by atoms with Gasteiger partial charge in [-0.1, -0.05) is 39.8 Å². The lowest BCUT2D eigenvalue weighted by atomic mass is 9.66. The molecule has 1 aromatic rings. The fourth-order valence-corrected chi connectivity index (χ4v) is 4.99. The highest BCUT2D eigenvalue weighted by Crippen LogP contribution is 2.54. The van der Waals surface area contributed by atoms with Gasteiger partial charge in [0.05, 0.1) is 0 Å². The summed E-state index contributed by atoms with van der Waals surface area (Å²) in [5.74, 6) is 1.76. The maximum atomic E-state index is 12.9. The largest absolute Gasteiger partial charge is 0.508 e. The number of carbonyl (C=O) groups is 1. The number of hydrogen-bond acceptors (Lipinski definition) is 3. The van der Waals surface area contributed by atoms with Crippen molar-refractivity contribution in [2.75, 3.05) is 6.54 Å². The van der Waals surface area contributed by atoms with Crippen molar-refractivity contribution < 1.29 is 14.6 Å². The summed E-state index contributed by atoms with van der Waals surface area (Å²) in [6, 6.07) is 3.95. The molecule has 1 aliphatic carbocycles.